The van der Waals surface area contributed by atoms with E-state index in [0.717, 1.165) is 0 Å². The molecule has 0 aromatic heterocycles. The van der Waals surface area contributed by atoms with Gasteiger partial charge >= 0.3 is 5.97 Å². The highest BCUT2D eigenvalue weighted by atomic mass is 32.2. The zero-order valence-corrected chi connectivity index (χ0v) is 10.7. The predicted molar refractivity (Wildman–Crippen MR) is 64.4 cm³/mol. The number of hydrogen-bond acceptors (Lipinski definition) is 5. The minimum Gasteiger partial charge on any atom is -0.466 e. The Morgan fingerprint density at radius 3 is 2.62 bits per heavy atom. The molecule has 0 amide bonds. The van der Waals surface area contributed by atoms with E-state index >= 15 is 0 Å². The Kier molecular flexibility index (Phi) is 7.18. The van der Waals surface area contributed by atoms with Crippen molar-refractivity contribution < 1.29 is 17.9 Å². The maximum atomic E-state index is 11.2. The second-order valence-electron chi connectivity index (χ2n) is 3.03. The smallest absolute Gasteiger partial charge is 0.305 e. The van der Waals surface area contributed by atoms with Crippen LogP contribution >= 0.6 is 12.2 Å². The van der Waals surface area contributed by atoms with Gasteiger partial charge in [-0.15, -0.1) is 0 Å². The summed E-state index contributed by atoms with van der Waals surface area (Å²) in [5, 5.41) is 0. The molecule has 8 heteroatoms. The molecular formula is C8H16N2O4S2. The molecule has 0 aromatic rings. The standard InChI is InChI=1S/C8H16N2O4S2/c1-2-14-8(11)4-3-5-10-16(12,13)6-7(9)15/h10H,2-6H2,1H3,(H2,9,15). The fourth-order valence-corrected chi connectivity index (χ4v) is 2.33. The zero-order valence-electron chi connectivity index (χ0n) is 9.06. The van der Waals surface area contributed by atoms with Gasteiger partial charge in [0.2, 0.25) is 10.0 Å². The Hall–Kier alpha value is -0.730. The molecule has 0 spiro atoms. The van der Waals surface area contributed by atoms with Crippen LogP contribution in [0.4, 0.5) is 0 Å². The molecule has 0 radical (unpaired) electrons. The Balaban J connectivity index is 3.74. The lowest BCUT2D eigenvalue weighted by Crippen LogP contribution is -2.33. The molecule has 0 unspecified atom stereocenters. The Bertz CT molecular complexity index is 340. The Labute approximate surface area is 101 Å². The first kappa shape index (κ1) is 15.3. The van der Waals surface area contributed by atoms with Crippen molar-refractivity contribution in [2.75, 3.05) is 18.9 Å². The maximum Gasteiger partial charge on any atom is 0.305 e. The summed E-state index contributed by atoms with van der Waals surface area (Å²) in [5.41, 5.74) is 5.11. The van der Waals surface area contributed by atoms with Crippen LogP contribution in [0.5, 0.6) is 0 Å². The van der Waals surface area contributed by atoms with Crippen molar-refractivity contribution in [3.05, 3.63) is 0 Å². The topological polar surface area (TPSA) is 98.5 Å². The fourth-order valence-electron chi connectivity index (χ4n) is 0.932. The number of hydrogen-bond donors (Lipinski definition) is 2. The molecule has 0 rings (SSSR count). The van der Waals surface area contributed by atoms with Gasteiger partial charge in [0.1, 0.15) is 5.75 Å². The molecule has 0 atom stereocenters. The average molecular weight is 268 g/mol. The van der Waals surface area contributed by atoms with Crippen molar-refractivity contribution in [3.63, 3.8) is 0 Å². The zero-order chi connectivity index (χ0) is 12.6. The minimum atomic E-state index is -3.46. The summed E-state index contributed by atoms with van der Waals surface area (Å²) < 4.78 is 29.4. The minimum absolute atomic E-state index is 0.0853. The first-order chi connectivity index (χ1) is 7.37. The van der Waals surface area contributed by atoms with E-state index < -0.39 is 10.0 Å². The lowest BCUT2D eigenvalue weighted by Gasteiger charge is -2.05. The van der Waals surface area contributed by atoms with Gasteiger partial charge in [-0.2, -0.15) is 0 Å². The Morgan fingerprint density at radius 1 is 1.50 bits per heavy atom. The normalized spacial score (nSPS) is 11.1. The number of esters is 1. The molecular weight excluding hydrogens is 252 g/mol. The predicted octanol–water partition coefficient (Wildman–Crippen LogP) is -0.465. The summed E-state index contributed by atoms with van der Waals surface area (Å²) in [5.74, 6) is -0.710. The largest absolute Gasteiger partial charge is 0.466 e. The molecule has 0 aliphatic carbocycles. The van der Waals surface area contributed by atoms with Gasteiger partial charge in [-0.25, -0.2) is 13.1 Å². The molecule has 0 bridgehead atoms. The van der Waals surface area contributed by atoms with Crippen LogP contribution in [0.15, 0.2) is 0 Å². The number of ether oxygens (including phenoxy) is 1. The van der Waals surface area contributed by atoms with Gasteiger partial charge < -0.3 is 10.5 Å². The van der Waals surface area contributed by atoms with Crippen molar-refractivity contribution in [3.8, 4) is 0 Å². The van der Waals surface area contributed by atoms with E-state index in [-0.39, 0.29) is 29.7 Å². The molecule has 3 N–H and O–H groups in total. The van der Waals surface area contributed by atoms with Crippen molar-refractivity contribution in [2.24, 2.45) is 5.73 Å². The van der Waals surface area contributed by atoms with Gasteiger partial charge in [-0.3, -0.25) is 4.79 Å². The highest BCUT2D eigenvalue weighted by Crippen LogP contribution is 1.93. The summed E-state index contributed by atoms with van der Waals surface area (Å²) in [4.78, 5) is 10.8. The number of rotatable bonds is 8. The van der Waals surface area contributed by atoms with Crippen molar-refractivity contribution in [1.29, 1.82) is 0 Å². The first-order valence-corrected chi connectivity index (χ1v) is 6.84. The third-order valence-corrected chi connectivity index (χ3v) is 3.18. The number of nitrogens with two attached hydrogens (primary N) is 1. The molecule has 6 nitrogen and oxygen atoms in total. The summed E-state index contributed by atoms with van der Waals surface area (Å²) >= 11 is 4.48. The van der Waals surface area contributed by atoms with Crippen LogP contribution in [0.1, 0.15) is 19.8 Å². The van der Waals surface area contributed by atoms with Crippen LogP contribution in [0.25, 0.3) is 0 Å². The van der Waals surface area contributed by atoms with E-state index in [1.807, 2.05) is 0 Å². The summed E-state index contributed by atoms with van der Waals surface area (Å²) in [6, 6.07) is 0. The van der Waals surface area contributed by atoms with Crippen LogP contribution in [-0.2, 0) is 19.6 Å². The molecule has 0 saturated carbocycles. The molecule has 0 heterocycles. The summed E-state index contributed by atoms with van der Waals surface area (Å²) in [6.45, 7) is 2.21. The molecule has 0 fully saturated rings. The van der Waals surface area contributed by atoms with Crippen LogP contribution in [-0.4, -0.2) is 38.3 Å². The van der Waals surface area contributed by atoms with Crippen molar-refractivity contribution in [2.45, 2.75) is 19.8 Å². The first-order valence-electron chi connectivity index (χ1n) is 4.78. The molecule has 0 aliphatic rings. The number of carbonyl (C=O) groups is 1. The number of carbonyl (C=O) groups excluding carboxylic acids is 1. The second-order valence-corrected chi connectivity index (χ2v) is 5.36. The van der Waals surface area contributed by atoms with E-state index in [1.54, 1.807) is 6.92 Å². The van der Waals surface area contributed by atoms with E-state index in [2.05, 4.69) is 21.7 Å². The van der Waals surface area contributed by atoms with Crippen molar-refractivity contribution >= 4 is 33.2 Å². The van der Waals surface area contributed by atoms with Gasteiger partial charge in [0, 0.05) is 13.0 Å². The third-order valence-electron chi connectivity index (χ3n) is 1.52. The highest BCUT2D eigenvalue weighted by Gasteiger charge is 2.11. The Morgan fingerprint density at radius 2 is 2.12 bits per heavy atom. The molecule has 16 heavy (non-hydrogen) atoms. The molecule has 0 aromatic carbocycles. The number of nitrogens with one attached hydrogen (secondary N) is 1. The highest BCUT2D eigenvalue weighted by molar-refractivity contribution is 7.92. The lowest BCUT2D eigenvalue weighted by molar-refractivity contribution is -0.143. The van der Waals surface area contributed by atoms with Gasteiger partial charge in [-0.05, 0) is 13.3 Å². The van der Waals surface area contributed by atoms with Gasteiger partial charge in [0.15, 0.2) is 0 Å². The van der Waals surface area contributed by atoms with Crippen LogP contribution in [0.3, 0.4) is 0 Å². The second kappa shape index (κ2) is 7.53. The molecule has 0 aliphatic heterocycles. The van der Waals surface area contributed by atoms with E-state index in [0.29, 0.717) is 13.0 Å². The van der Waals surface area contributed by atoms with E-state index in [9.17, 15) is 13.2 Å². The van der Waals surface area contributed by atoms with Gasteiger partial charge in [0.05, 0.1) is 11.6 Å². The van der Waals surface area contributed by atoms with Gasteiger partial charge in [-0.1, -0.05) is 12.2 Å². The monoisotopic (exact) mass is 268 g/mol. The quantitative estimate of drug-likeness (QED) is 0.351. The lowest BCUT2D eigenvalue weighted by atomic mass is 10.3. The molecule has 94 valence electrons. The number of thiocarbonyl (C=S) groups is 1. The van der Waals surface area contributed by atoms with Gasteiger partial charge in [0.25, 0.3) is 0 Å². The van der Waals surface area contributed by atoms with E-state index in [1.165, 1.54) is 0 Å². The maximum absolute atomic E-state index is 11.2. The third kappa shape index (κ3) is 8.57. The fraction of sp³-hybridized carbons (Fsp3) is 0.750. The van der Waals surface area contributed by atoms with E-state index in [4.69, 9.17) is 5.73 Å². The van der Waals surface area contributed by atoms with Crippen LogP contribution < -0.4 is 10.5 Å². The SMILES string of the molecule is CCOC(=O)CCCNS(=O)(=O)CC(N)=S. The van der Waals surface area contributed by atoms with Crippen molar-refractivity contribution in [1.82, 2.24) is 4.72 Å². The van der Waals surface area contributed by atoms with Crippen LogP contribution in [0.2, 0.25) is 0 Å². The number of sulfonamides is 1. The summed E-state index contributed by atoms with van der Waals surface area (Å²) in [6.07, 6.45) is 0.568. The molecule has 0 saturated heterocycles. The summed E-state index contributed by atoms with van der Waals surface area (Å²) in [7, 11) is -3.46. The van der Waals surface area contributed by atoms with Crippen LogP contribution in [0, 0.1) is 0 Å². The average Bonchev–Trinajstić information content (AvgIpc) is 2.11.